The molecule has 0 saturated heterocycles. The average molecular weight is 304 g/mol. The number of hydrogen-bond acceptors (Lipinski definition) is 3. The summed E-state index contributed by atoms with van der Waals surface area (Å²) < 4.78 is 5.28. The monoisotopic (exact) mass is 304 g/mol. The summed E-state index contributed by atoms with van der Waals surface area (Å²) in [7, 11) is 1.68. The Bertz CT molecular complexity index is 529. The summed E-state index contributed by atoms with van der Waals surface area (Å²) in [5, 5.41) is 21.6. The number of ether oxygens (including phenoxy) is 1. The topological polar surface area (TPSA) is 49.7 Å². The van der Waals surface area contributed by atoms with E-state index in [9.17, 15) is 10.2 Å². The number of aryl methyl sites for hydroxylation is 1. The second-order valence-corrected chi connectivity index (χ2v) is 7.46. The van der Waals surface area contributed by atoms with Crippen LogP contribution in [0.1, 0.15) is 51.0 Å². The van der Waals surface area contributed by atoms with Gasteiger partial charge < -0.3 is 14.9 Å². The molecular formula is C19H28O3. The normalized spacial score (nSPS) is 37.8. The first-order valence-electron chi connectivity index (χ1n) is 8.51. The van der Waals surface area contributed by atoms with Crippen molar-refractivity contribution in [3.8, 4) is 5.75 Å². The fourth-order valence-corrected chi connectivity index (χ4v) is 4.88. The lowest BCUT2D eigenvalue weighted by Gasteiger charge is -2.49. The molecule has 0 spiro atoms. The molecular weight excluding hydrogens is 276 g/mol. The van der Waals surface area contributed by atoms with Crippen molar-refractivity contribution in [2.75, 3.05) is 7.11 Å². The van der Waals surface area contributed by atoms with E-state index in [0.717, 1.165) is 50.7 Å². The van der Waals surface area contributed by atoms with Crippen molar-refractivity contribution in [1.82, 2.24) is 0 Å². The molecule has 1 aromatic carbocycles. The fraction of sp³-hybridized carbons (Fsp3) is 0.684. The number of rotatable bonds is 4. The molecule has 0 amide bonds. The molecule has 22 heavy (non-hydrogen) atoms. The molecule has 4 atom stereocenters. The van der Waals surface area contributed by atoms with Crippen LogP contribution in [-0.4, -0.2) is 29.0 Å². The van der Waals surface area contributed by atoms with Gasteiger partial charge in [-0.15, -0.1) is 0 Å². The summed E-state index contributed by atoms with van der Waals surface area (Å²) in [6, 6.07) is 8.10. The van der Waals surface area contributed by atoms with Crippen LogP contribution < -0.4 is 4.74 Å². The summed E-state index contributed by atoms with van der Waals surface area (Å²) in [6.45, 7) is 2.17. The number of aliphatic hydroxyl groups is 2. The first kappa shape index (κ1) is 15.8. The Labute approximate surface area is 133 Å². The molecule has 122 valence electrons. The lowest BCUT2D eigenvalue weighted by atomic mass is 9.60. The SMILES string of the molecule is COc1cccc(CCC2(O)CCCC3(C)C(O)CCC23)c1. The van der Waals surface area contributed by atoms with Gasteiger partial charge in [0, 0.05) is 0 Å². The summed E-state index contributed by atoms with van der Waals surface area (Å²) >= 11 is 0. The van der Waals surface area contributed by atoms with Crippen molar-refractivity contribution in [1.29, 1.82) is 0 Å². The molecule has 0 bridgehead atoms. The van der Waals surface area contributed by atoms with E-state index >= 15 is 0 Å². The van der Waals surface area contributed by atoms with Crippen molar-refractivity contribution in [3.63, 3.8) is 0 Å². The number of fused-ring (bicyclic) bond motifs is 1. The summed E-state index contributed by atoms with van der Waals surface area (Å²) in [6.07, 6.45) is 6.09. The summed E-state index contributed by atoms with van der Waals surface area (Å²) in [5.74, 6) is 1.10. The Hall–Kier alpha value is -1.06. The lowest BCUT2D eigenvalue weighted by molar-refractivity contribution is -0.121. The van der Waals surface area contributed by atoms with Crippen LogP contribution in [0.4, 0.5) is 0 Å². The Morgan fingerprint density at radius 1 is 1.27 bits per heavy atom. The van der Waals surface area contributed by atoms with Gasteiger partial charge in [-0.1, -0.05) is 19.1 Å². The molecule has 2 N–H and O–H groups in total. The van der Waals surface area contributed by atoms with Gasteiger partial charge in [-0.25, -0.2) is 0 Å². The summed E-state index contributed by atoms with van der Waals surface area (Å²) in [5.41, 5.74) is 0.480. The van der Waals surface area contributed by atoms with E-state index in [2.05, 4.69) is 19.1 Å². The first-order chi connectivity index (χ1) is 10.5. The van der Waals surface area contributed by atoms with E-state index in [-0.39, 0.29) is 17.4 Å². The largest absolute Gasteiger partial charge is 0.497 e. The van der Waals surface area contributed by atoms with Crippen LogP contribution in [0.25, 0.3) is 0 Å². The Kier molecular flexibility index (Phi) is 4.21. The van der Waals surface area contributed by atoms with Crippen LogP contribution in [0, 0.1) is 11.3 Å². The van der Waals surface area contributed by atoms with Gasteiger partial charge in [0.05, 0.1) is 18.8 Å². The van der Waals surface area contributed by atoms with E-state index in [1.54, 1.807) is 7.11 Å². The second-order valence-electron chi connectivity index (χ2n) is 7.46. The highest BCUT2D eigenvalue weighted by atomic mass is 16.5. The molecule has 2 saturated carbocycles. The van der Waals surface area contributed by atoms with Gasteiger partial charge in [0.1, 0.15) is 5.75 Å². The van der Waals surface area contributed by atoms with Gasteiger partial charge in [0.25, 0.3) is 0 Å². The third kappa shape index (κ3) is 2.65. The molecule has 0 heterocycles. The van der Waals surface area contributed by atoms with E-state index < -0.39 is 5.60 Å². The zero-order valence-electron chi connectivity index (χ0n) is 13.7. The maximum atomic E-state index is 11.3. The number of hydrogen-bond donors (Lipinski definition) is 2. The third-order valence-corrected chi connectivity index (χ3v) is 6.24. The predicted octanol–water partition coefficient (Wildman–Crippen LogP) is 3.32. The first-order valence-corrected chi connectivity index (χ1v) is 8.51. The molecule has 2 aliphatic carbocycles. The maximum absolute atomic E-state index is 11.3. The number of benzene rings is 1. The highest BCUT2D eigenvalue weighted by molar-refractivity contribution is 5.28. The summed E-state index contributed by atoms with van der Waals surface area (Å²) in [4.78, 5) is 0. The van der Waals surface area contributed by atoms with Crippen LogP contribution in [0.5, 0.6) is 5.75 Å². The Morgan fingerprint density at radius 3 is 2.86 bits per heavy atom. The number of aliphatic hydroxyl groups excluding tert-OH is 1. The van der Waals surface area contributed by atoms with Crippen LogP contribution >= 0.6 is 0 Å². The van der Waals surface area contributed by atoms with Crippen LogP contribution in [0.15, 0.2) is 24.3 Å². The van der Waals surface area contributed by atoms with Gasteiger partial charge in [0.2, 0.25) is 0 Å². The second kappa shape index (κ2) is 5.86. The van der Waals surface area contributed by atoms with E-state index in [1.807, 2.05) is 12.1 Å². The van der Waals surface area contributed by atoms with Gasteiger partial charge in [-0.3, -0.25) is 0 Å². The smallest absolute Gasteiger partial charge is 0.119 e. The number of methoxy groups -OCH3 is 1. The van der Waals surface area contributed by atoms with Crippen molar-refractivity contribution < 1.29 is 14.9 Å². The molecule has 0 aromatic heterocycles. The minimum Gasteiger partial charge on any atom is -0.497 e. The highest BCUT2D eigenvalue weighted by Crippen LogP contribution is 2.57. The predicted molar refractivity (Wildman–Crippen MR) is 87.0 cm³/mol. The Balaban J connectivity index is 1.73. The molecule has 3 rings (SSSR count). The maximum Gasteiger partial charge on any atom is 0.119 e. The third-order valence-electron chi connectivity index (χ3n) is 6.24. The highest BCUT2D eigenvalue weighted by Gasteiger charge is 2.56. The van der Waals surface area contributed by atoms with Crippen molar-refractivity contribution >= 4 is 0 Å². The quantitative estimate of drug-likeness (QED) is 0.897. The molecule has 2 aliphatic rings. The van der Waals surface area contributed by atoms with Crippen molar-refractivity contribution in [2.24, 2.45) is 11.3 Å². The zero-order valence-corrected chi connectivity index (χ0v) is 13.7. The lowest BCUT2D eigenvalue weighted by Crippen LogP contribution is -2.50. The average Bonchev–Trinajstić information content (AvgIpc) is 2.83. The zero-order chi connectivity index (χ0) is 15.8. The minimum absolute atomic E-state index is 0.0959. The van der Waals surface area contributed by atoms with Gasteiger partial charge >= 0.3 is 0 Å². The molecule has 3 nitrogen and oxygen atoms in total. The molecule has 3 heteroatoms. The Morgan fingerprint density at radius 2 is 2.09 bits per heavy atom. The van der Waals surface area contributed by atoms with E-state index in [4.69, 9.17) is 4.74 Å². The standard InChI is InChI=1S/C19H28O3/c1-18-10-4-11-19(21,16(18)7-8-17(18)20)12-9-14-5-3-6-15(13-14)22-2/h3,5-6,13,16-17,20-21H,4,7-12H2,1-2H3. The molecule has 2 fully saturated rings. The van der Waals surface area contributed by atoms with Crippen molar-refractivity contribution in [3.05, 3.63) is 29.8 Å². The van der Waals surface area contributed by atoms with E-state index in [1.165, 1.54) is 5.56 Å². The molecule has 0 radical (unpaired) electrons. The van der Waals surface area contributed by atoms with Crippen molar-refractivity contribution in [2.45, 2.75) is 63.6 Å². The van der Waals surface area contributed by atoms with Crippen LogP contribution in [-0.2, 0) is 6.42 Å². The molecule has 4 unspecified atom stereocenters. The molecule has 0 aliphatic heterocycles. The van der Waals surface area contributed by atoms with Gasteiger partial charge in [0.15, 0.2) is 0 Å². The molecule has 1 aromatic rings. The van der Waals surface area contributed by atoms with Gasteiger partial charge in [-0.2, -0.15) is 0 Å². The van der Waals surface area contributed by atoms with Crippen LogP contribution in [0.2, 0.25) is 0 Å². The van der Waals surface area contributed by atoms with Gasteiger partial charge in [-0.05, 0) is 74.0 Å². The minimum atomic E-state index is -0.631. The van der Waals surface area contributed by atoms with Crippen LogP contribution in [0.3, 0.4) is 0 Å². The van der Waals surface area contributed by atoms with E-state index in [0.29, 0.717) is 0 Å². The fourth-order valence-electron chi connectivity index (χ4n) is 4.88.